The number of rotatable bonds is 2. The molecule has 1 atom stereocenters. The largest absolute Gasteiger partial charge is 0.478 e. The van der Waals surface area contributed by atoms with Crippen LogP contribution in [0.1, 0.15) is 0 Å². The van der Waals surface area contributed by atoms with Gasteiger partial charge in [0.15, 0.2) is 0 Å². The van der Waals surface area contributed by atoms with Crippen LogP contribution in [-0.2, 0) is 4.79 Å². The summed E-state index contributed by atoms with van der Waals surface area (Å²) in [4.78, 5) is 12.7. The number of carbonyl (C=O) groups is 1. The normalized spacial score (nSPS) is 17.7. The Bertz CT molecular complexity index is 462. The number of aliphatic carboxylic acids is 1. The molecule has 1 aliphatic rings. The second-order valence-electron chi connectivity index (χ2n) is 4.02. The fourth-order valence-electron chi connectivity index (χ4n) is 1.66. The molecule has 0 aliphatic carbocycles. The maximum absolute atomic E-state index is 10.8. The third-order valence-corrected chi connectivity index (χ3v) is 2.86. The van der Waals surface area contributed by atoms with Gasteiger partial charge in [0.1, 0.15) is 5.75 Å². The second-order valence-corrected chi connectivity index (χ2v) is 4.43. The minimum absolute atomic E-state index is 0.236. The first-order valence-corrected chi connectivity index (χ1v) is 5.51. The van der Waals surface area contributed by atoms with Crippen molar-refractivity contribution in [2.75, 3.05) is 30.9 Å². The van der Waals surface area contributed by atoms with Gasteiger partial charge < -0.3 is 20.1 Å². The van der Waals surface area contributed by atoms with Crippen LogP contribution in [0.2, 0.25) is 5.02 Å². The van der Waals surface area contributed by atoms with Crippen LogP contribution < -0.4 is 15.0 Å². The number of anilines is 2. The van der Waals surface area contributed by atoms with Gasteiger partial charge in [0.2, 0.25) is 6.10 Å². The zero-order valence-electron chi connectivity index (χ0n) is 9.53. The standard InChI is InChI=1S/C11H13ClN2O3/c1-14(2)8-4-9-7(3-6(8)12)13-5-10(17-9)11(15)16/h3-4,10,13H,5H2,1-2H3,(H,15,16). The van der Waals surface area contributed by atoms with Gasteiger partial charge in [0, 0.05) is 20.2 Å². The van der Waals surface area contributed by atoms with Crippen molar-refractivity contribution in [2.45, 2.75) is 6.10 Å². The number of carboxylic acid groups (broad SMARTS) is 1. The van der Waals surface area contributed by atoms with Gasteiger partial charge >= 0.3 is 5.97 Å². The third-order valence-electron chi connectivity index (χ3n) is 2.55. The summed E-state index contributed by atoms with van der Waals surface area (Å²) in [6.07, 6.45) is -0.862. The highest BCUT2D eigenvalue weighted by Gasteiger charge is 2.26. The van der Waals surface area contributed by atoms with E-state index in [-0.39, 0.29) is 6.54 Å². The molecule has 5 nitrogen and oxygen atoms in total. The van der Waals surface area contributed by atoms with Gasteiger partial charge in [-0.1, -0.05) is 11.6 Å². The lowest BCUT2D eigenvalue weighted by Gasteiger charge is -2.26. The van der Waals surface area contributed by atoms with Crippen molar-refractivity contribution in [2.24, 2.45) is 0 Å². The zero-order chi connectivity index (χ0) is 12.6. The number of halogens is 1. The van der Waals surface area contributed by atoms with Crippen molar-refractivity contribution < 1.29 is 14.6 Å². The van der Waals surface area contributed by atoms with Crippen LogP contribution in [0, 0.1) is 0 Å². The van der Waals surface area contributed by atoms with Crippen LogP contribution >= 0.6 is 11.6 Å². The SMILES string of the molecule is CN(C)c1cc2c(cc1Cl)NCC(C(=O)O)O2. The van der Waals surface area contributed by atoms with E-state index >= 15 is 0 Å². The number of nitrogens with zero attached hydrogens (tertiary/aromatic N) is 1. The van der Waals surface area contributed by atoms with E-state index in [9.17, 15) is 4.79 Å². The average molecular weight is 257 g/mol. The average Bonchev–Trinajstić information content (AvgIpc) is 2.27. The van der Waals surface area contributed by atoms with Gasteiger partial charge in [-0.3, -0.25) is 0 Å². The Kier molecular flexibility index (Phi) is 3.02. The number of nitrogens with one attached hydrogen (secondary N) is 1. The van der Waals surface area contributed by atoms with E-state index < -0.39 is 12.1 Å². The highest BCUT2D eigenvalue weighted by molar-refractivity contribution is 6.33. The molecule has 92 valence electrons. The predicted molar refractivity (Wildman–Crippen MR) is 66.3 cm³/mol. The number of hydrogen-bond donors (Lipinski definition) is 2. The van der Waals surface area contributed by atoms with Crippen LogP contribution in [0.3, 0.4) is 0 Å². The molecule has 1 heterocycles. The Morgan fingerprint density at radius 3 is 2.88 bits per heavy atom. The minimum Gasteiger partial charge on any atom is -0.478 e. The molecule has 0 spiro atoms. The highest BCUT2D eigenvalue weighted by Crippen LogP contribution is 2.38. The molecule has 0 saturated heterocycles. The number of fused-ring (bicyclic) bond motifs is 1. The first kappa shape index (κ1) is 11.9. The second kappa shape index (κ2) is 4.33. The maximum Gasteiger partial charge on any atom is 0.346 e. The smallest absolute Gasteiger partial charge is 0.346 e. The van der Waals surface area contributed by atoms with Crippen molar-refractivity contribution in [3.63, 3.8) is 0 Å². The van der Waals surface area contributed by atoms with Crippen molar-refractivity contribution in [1.82, 2.24) is 0 Å². The third kappa shape index (κ3) is 2.24. The highest BCUT2D eigenvalue weighted by atomic mass is 35.5. The quantitative estimate of drug-likeness (QED) is 0.843. The first-order chi connectivity index (χ1) is 7.99. The summed E-state index contributed by atoms with van der Waals surface area (Å²) in [6, 6.07) is 3.48. The lowest BCUT2D eigenvalue weighted by molar-refractivity contribution is -0.144. The molecule has 2 N–H and O–H groups in total. The Balaban J connectivity index is 2.37. The van der Waals surface area contributed by atoms with E-state index in [1.54, 1.807) is 12.1 Å². The molecule has 1 aromatic rings. The summed E-state index contributed by atoms with van der Waals surface area (Å²) in [5.41, 5.74) is 1.51. The van der Waals surface area contributed by atoms with E-state index in [1.807, 2.05) is 19.0 Å². The molecule has 6 heteroatoms. The summed E-state index contributed by atoms with van der Waals surface area (Å²) in [5, 5.41) is 12.5. The van der Waals surface area contributed by atoms with Crippen LogP contribution in [0.4, 0.5) is 11.4 Å². The Morgan fingerprint density at radius 1 is 1.59 bits per heavy atom. The van der Waals surface area contributed by atoms with Crippen LogP contribution in [0.25, 0.3) is 0 Å². The summed E-state index contributed by atoms with van der Waals surface area (Å²) in [6.45, 7) is 0.236. The molecule has 1 unspecified atom stereocenters. The monoisotopic (exact) mass is 256 g/mol. The first-order valence-electron chi connectivity index (χ1n) is 5.13. The van der Waals surface area contributed by atoms with Gasteiger partial charge in [0.25, 0.3) is 0 Å². The molecule has 2 rings (SSSR count). The van der Waals surface area contributed by atoms with Crippen LogP contribution in [0.15, 0.2) is 12.1 Å². The lowest BCUT2D eigenvalue weighted by Crippen LogP contribution is -2.37. The van der Waals surface area contributed by atoms with Gasteiger partial charge in [-0.2, -0.15) is 0 Å². The molecule has 0 fully saturated rings. The van der Waals surface area contributed by atoms with E-state index in [0.717, 1.165) is 11.4 Å². The number of carboxylic acids is 1. The van der Waals surface area contributed by atoms with Crippen molar-refractivity contribution in [3.8, 4) is 5.75 Å². The van der Waals surface area contributed by atoms with Crippen molar-refractivity contribution in [1.29, 1.82) is 0 Å². The zero-order valence-corrected chi connectivity index (χ0v) is 10.3. The topological polar surface area (TPSA) is 61.8 Å². The maximum atomic E-state index is 10.8. The molecule has 1 aliphatic heterocycles. The molecule has 17 heavy (non-hydrogen) atoms. The van der Waals surface area contributed by atoms with Gasteiger partial charge in [-0.05, 0) is 6.07 Å². The van der Waals surface area contributed by atoms with Crippen molar-refractivity contribution >= 4 is 28.9 Å². The van der Waals surface area contributed by atoms with Gasteiger partial charge in [-0.25, -0.2) is 4.79 Å². The van der Waals surface area contributed by atoms with E-state index in [0.29, 0.717) is 10.8 Å². The number of ether oxygens (including phenoxy) is 1. The number of hydrogen-bond acceptors (Lipinski definition) is 4. The molecule has 0 aromatic heterocycles. The predicted octanol–water partition coefficient (Wildman–Crippen LogP) is 1.66. The molecule has 0 amide bonds. The molecule has 0 radical (unpaired) electrons. The summed E-state index contributed by atoms with van der Waals surface area (Å²) < 4.78 is 5.39. The summed E-state index contributed by atoms with van der Waals surface area (Å²) in [5.74, 6) is -0.471. The van der Waals surface area contributed by atoms with E-state index in [4.69, 9.17) is 21.4 Å². The molecular formula is C11H13ClN2O3. The van der Waals surface area contributed by atoms with Crippen molar-refractivity contribution in [3.05, 3.63) is 17.2 Å². The fraction of sp³-hybridized carbons (Fsp3) is 0.364. The van der Waals surface area contributed by atoms with E-state index in [2.05, 4.69) is 5.32 Å². The number of benzene rings is 1. The van der Waals surface area contributed by atoms with Gasteiger partial charge in [0.05, 0.1) is 22.9 Å². The molecule has 0 saturated carbocycles. The molecule has 1 aromatic carbocycles. The molecule has 0 bridgehead atoms. The minimum atomic E-state index is -0.982. The summed E-state index contributed by atoms with van der Waals surface area (Å²) >= 11 is 6.10. The van der Waals surface area contributed by atoms with E-state index in [1.165, 1.54) is 0 Å². The Morgan fingerprint density at radius 2 is 2.29 bits per heavy atom. The van der Waals surface area contributed by atoms with Crippen LogP contribution in [0.5, 0.6) is 5.75 Å². The fourth-order valence-corrected chi connectivity index (χ4v) is 1.99. The molecular weight excluding hydrogens is 244 g/mol. The van der Waals surface area contributed by atoms with Gasteiger partial charge in [-0.15, -0.1) is 0 Å². The summed E-state index contributed by atoms with van der Waals surface area (Å²) in [7, 11) is 3.72. The Labute approximate surface area is 104 Å². The van der Waals surface area contributed by atoms with Crippen LogP contribution in [-0.4, -0.2) is 37.8 Å². The lowest BCUT2D eigenvalue weighted by atomic mass is 10.2. The Hall–Kier alpha value is -1.62.